The maximum Gasteiger partial charge on any atom is 0.276 e. The fourth-order valence-electron chi connectivity index (χ4n) is 2.07. The first-order valence-electron chi connectivity index (χ1n) is 6.21. The molecule has 106 valence electrons. The summed E-state index contributed by atoms with van der Waals surface area (Å²) in [4.78, 5) is 36.3. The summed E-state index contributed by atoms with van der Waals surface area (Å²) in [6.45, 7) is 1.73. The molecular weight excluding hydrogens is 272 g/mol. The van der Waals surface area contributed by atoms with E-state index < -0.39 is 5.91 Å². The van der Waals surface area contributed by atoms with Gasteiger partial charge in [0.15, 0.2) is 5.65 Å². The number of aromatic nitrogens is 5. The quantitative estimate of drug-likeness (QED) is 0.734. The van der Waals surface area contributed by atoms with Gasteiger partial charge in [-0.2, -0.15) is 4.52 Å². The van der Waals surface area contributed by atoms with Gasteiger partial charge in [-0.15, -0.1) is 0 Å². The topological polar surface area (TPSA) is 94.2 Å². The smallest absolute Gasteiger partial charge is 0.276 e. The van der Waals surface area contributed by atoms with Crippen LogP contribution in [-0.2, 0) is 7.05 Å². The van der Waals surface area contributed by atoms with E-state index in [1.807, 2.05) is 0 Å². The number of hydrogen-bond donors (Lipinski definition) is 1. The molecule has 3 aromatic heterocycles. The third-order valence-electron chi connectivity index (χ3n) is 2.99. The highest BCUT2D eigenvalue weighted by atomic mass is 16.2. The Kier molecular flexibility index (Phi) is 2.98. The minimum absolute atomic E-state index is 0.198. The van der Waals surface area contributed by atoms with E-state index in [1.165, 1.54) is 27.7 Å². The van der Waals surface area contributed by atoms with Gasteiger partial charge < -0.3 is 0 Å². The summed E-state index contributed by atoms with van der Waals surface area (Å²) in [7, 11) is 1.62. The number of nitrogens with one attached hydrogen (secondary N) is 1. The summed E-state index contributed by atoms with van der Waals surface area (Å²) in [5.41, 5.74) is 1.07. The maximum absolute atomic E-state index is 12.2. The zero-order chi connectivity index (χ0) is 15.0. The van der Waals surface area contributed by atoms with Gasteiger partial charge in [-0.25, -0.2) is 15.0 Å². The first kappa shape index (κ1) is 13.0. The highest BCUT2D eigenvalue weighted by Crippen LogP contribution is 2.08. The van der Waals surface area contributed by atoms with Gasteiger partial charge in [-0.05, 0) is 13.0 Å². The van der Waals surface area contributed by atoms with Crippen LogP contribution < -0.4 is 10.9 Å². The van der Waals surface area contributed by atoms with Crippen molar-refractivity contribution in [1.82, 2.24) is 24.1 Å². The summed E-state index contributed by atoms with van der Waals surface area (Å²) in [6, 6.07) is 4.61. The number of fused-ring (bicyclic) bond motifs is 1. The van der Waals surface area contributed by atoms with E-state index in [9.17, 15) is 9.59 Å². The molecule has 21 heavy (non-hydrogen) atoms. The first-order chi connectivity index (χ1) is 10.1. The lowest BCUT2D eigenvalue weighted by atomic mass is 10.4. The van der Waals surface area contributed by atoms with E-state index in [1.54, 1.807) is 26.1 Å². The number of hydrogen-bond acceptors (Lipinski definition) is 5. The van der Waals surface area contributed by atoms with Crippen LogP contribution in [-0.4, -0.2) is 30.1 Å². The number of rotatable bonds is 2. The van der Waals surface area contributed by atoms with Gasteiger partial charge in [-0.3, -0.25) is 19.6 Å². The average Bonchev–Trinajstić information content (AvgIpc) is 2.77. The van der Waals surface area contributed by atoms with Crippen molar-refractivity contribution >= 4 is 17.5 Å². The summed E-state index contributed by atoms with van der Waals surface area (Å²) in [6.07, 6.45) is 3.05. The zero-order valence-corrected chi connectivity index (χ0v) is 11.4. The molecule has 1 amide bonds. The van der Waals surface area contributed by atoms with Crippen LogP contribution in [0.3, 0.4) is 0 Å². The number of amides is 1. The van der Waals surface area contributed by atoms with E-state index >= 15 is 0 Å². The molecule has 0 bridgehead atoms. The van der Waals surface area contributed by atoms with E-state index in [0.29, 0.717) is 11.3 Å². The Labute approximate surface area is 119 Å². The molecule has 0 unspecified atom stereocenters. The van der Waals surface area contributed by atoms with Crippen molar-refractivity contribution in [3.05, 3.63) is 52.3 Å². The molecular formula is C13H12N6O2. The second-order valence-electron chi connectivity index (χ2n) is 4.49. The highest BCUT2D eigenvalue weighted by Gasteiger charge is 2.16. The highest BCUT2D eigenvalue weighted by molar-refractivity contribution is 6.02. The summed E-state index contributed by atoms with van der Waals surface area (Å²) >= 11 is 0. The van der Waals surface area contributed by atoms with Crippen molar-refractivity contribution in [2.45, 2.75) is 6.92 Å². The molecule has 0 aliphatic heterocycles. The Morgan fingerprint density at radius 3 is 2.67 bits per heavy atom. The molecule has 0 atom stereocenters. The van der Waals surface area contributed by atoms with Crippen LogP contribution in [0.5, 0.6) is 0 Å². The second kappa shape index (κ2) is 4.82. The van der Waals surface area contributed by atoms with Crippen molar-refractivity contribution in [1.29, 1.82) is 0 Å². The summed E-state index contributed by atoms with van der Waals surface area (Å²) in [5.74, 6) is -0.213. The van der Waals surface area contributed by atoms with Crippen molar-refractivity contribution in [3.63, 3.8) is 0 Å². The fraction of sp³-hybridized carbons (Fsp3) is 0.154. The lowest BCUT2D eigenvalue weighted by molar-refractivity contribution is 0.101. The molecule has 0 aliphatic carbocycles. The van der Waals surface area contributed by atoms with Gasteiger partial charge in [0, 0.05) is 37.3 Å². The maximum atomic E-state index is 12.2. The molecule has 0 aromatic carbocycles. The number of aryl methyl sites for hydroxylation is 2. The molecule has 0 saturated heterocycles. The minimum Gasteiger partial charge on any atom is -0.289 e. The number of anilines is 1. The molecule has 0 fully saturated rings. The molecule has 0 aliphatic rings. The third-order valence-corrected chi connectivity index (χ3v) is 2.99. The Morgan fingerprint density at radius 1 is 1.24 bits per heavy atom. The van der Waals surface area contributed by atoms with Crippen molar-refractivity contribution in [2.24, 2.45) is 7.05 Å². The lowest BCUT2D eigenvalue weighted by Crippen LogP contribution is -2.23. The van der Waals surface area contributed by atoms with Crippen molar-refractivity contribution in [2.75, 3.05) is 5.32 Å². The SMILES string of the molecule is Cc1cc(=O)n2c(cc(C(=O)Nc3ncccn3)n2C)n1. The molecule has 3 rings (SSSR count). The summed E-state index contributed by atoms with van der Waals surface area (Å²) in [5, 5.41) is 2.57. The lowest BCUT2D eigenvalue weighted by Gasteiger charge is -2.04. The molecule has 0 radical (unpaired) electrons. The van der Waals surface area contributed by atoms with Crippen molar-refractivity contribution < 1.29 is 4.79 Å². The molecule has 3 heterocycles. The van der Waals surface area contributed by atoms with Crippen LogP contribution in [0.4, 0.5) is 5.95 Å². The Hall–Kier alpha value is -3.03. The minimum atomic E-state index is -0.411. The van der Waals surface area contributed by atoms with E-state index in [2.05, 4.69) is 20.3 Å². The van der Waals surface area contributed by atoms with Gasteiger partial charge in [0.2, 0.25) is 5.95 Å². The summed E-state index contributed by atoms with van der Waals surface area (Å²) < 4.78 is 2.77. The molecule has 1 N–H and O–H groups in total. The van der Waals surface area contributed by atoms with E-state index in [0.717, 1.165) is 0 Å². The van der Waals surface area contributed by atoms with Gasteiger partial charge >= 0.3 is 0 Å². The predicted molar refractivity (Wildman–Crippen MR) is 75.2 cm³/mol. The Balaban J connectivity index is 2.05. The Morgan fingerprint density at radius 2 is 1.95 bits per heavy atom. The normalized spacial score (nSPS) is 10.8. The van der Waals surface area contributed by atoms with Crippen LogP contribution in [0.1, 0.15) is 16.2 Å². The van der Waals surface area contributed by atoms with E-state index in [-0.39, 0.29) is 17.2 Å². The standard InChI is InChI=1S/C13H12N6O2/c1-8-6-11(20)19-10(16-8)7-9(18(19)2)12(21)17-13-14-4-3-5-15-13/h3-7H,1-2H3,(H,14,15,17,21). The van der Waals surface area contributed by atoms with Crippen molar-refractivity contribution in [3.8, 4) is 0 Å². The van der Waals surface area contributed by atoms with Crippen LogP contribution in [0.25, 0.3) is 5.65 Å². The fourth-order valence-corrected chi connectivity index (χ4v) is 2.07. The Bertz CT molecular complexity index is 881. The van der Waals surface area contributed by atoms with Gasteiger partial charge in [0.05, 0.1) is 0 Å². The average molecular weight is 284 g/mol. The van der Waals surface area contributed by atoms with Gasteiger partial charge in [-0.1, -0.05) is 0 Å². The van der Waals surface area contributed by atoms with E-state index in [4.69, 9.17) is 0 Å². The molecule has 8 heteroatoms. The number of nitrogens with zero attached hydrogens (tertiary/aromatic N) is 5. The predicted octanol–water partition coefficient (Wildman–Crippen LogP) is 0.384. The monoisotopic (exact) mass is 284 g/mol. The first-order valence-corrected chi connectivity index (χ1v) is 6.21. The largest absolute Gasteiger partial charge is 0.289 e. The van der Waals surface area contributed by atoms with Crippen LogP contribution in [0.2, 0.25) is 0 Å². The number of carbonyl (C=O) groups is 1. The van der Waals surface area contributed by atoms with Crippen LogP contribution in [0, 0.1) is 6.92 Å². The van der Waals surface area contributed by atoms with Crippen LogP contribution in [0.15, 0.2) is 35.4 Å². The molecule has 8 nitrogen and oxygen atoms in total. The molecule has 0 spiro atoms. The van der Waals surface area contributed by atoms with Gasteiger partial charge in [0.1, 0.15) is 5.69 Å². The molecule has 0 saturated carbocycles. The molecule has 3 aromatic rings. The van der Waals surface area contributed by atoms with Gasteiger partial charge in [0.25, 0.3) is 11.5 Å². The zero-order valence-electron chi connectivity index (χ0n) is 11.4. The van der Waals surface area contributed by atoms with Crippen LogP contribution >= 0.6 is 0 Å². The third kappa shape index (κ3) is 2.27. The number of carbonyl (C=O) groups excluding carboxylic acids is 1. The second-order valence-corrected chi connectivity index (χ2v) is 4.49.